The van der Waals surface area contributed by atoms with Crippen LogP contribution >= 0.6 is 0 Å². The second-order valence-corrected chi connectivity index (χ2v) is 5.60. The molecule has 0 spiro atoms. The number of hydrogen-bond acceptors (Lipinski definition) is 5. The molecule has 114 valence electrons. The first-order valence-corrected chi connectivity index (χ1v) is 7.42. The molecule has 6 nitrogen and oxygen atoms in total. The minimum absolute atomic E-state index is 0.367. The summed E-state index contributed by atoms with van der Waals surface area (Å²) in [7, 11) is 0. The molecule has 0 saturated carbocycles. The van der Waals surface area contributed by atoms with Gasteiger partial charge >= 0.3 is 0 Å². The van der Waals surface area contributed by atoms with Crippen LogP contribution in [0.5, 0.6) is 0 Å². The second kappa shape index (κ2) is 5.31. The van der Waals surface area contributed by atoms with Gasteiger partial charge in [0.1, 0.15) is 6.26 Å². The van der Waals surface area contributed by atoms with Crippen molar-refractivity contribution in [1.29, 1.82) is 0 Å². The van der Waals surface area contributed by atoms with Gasteiger partial charge in [0.25, 0.3) is 0 Å². The summed E-state index contributed by atoms with van der Waals surface area (Å²) >= 11 is 0. The van der Waals surface area contributed by atoms with E-state index < -0.39 is 0 Å². The smallest absolute Gasteiger partial charge is 0.234 e. The molecule has 0 unspecified atom stereocenters. The van der Waals surface area contributed by atoms with Gasteiger partial charge in [-0.2, -0.15) is 0 Å². The van der Waals surface area contributed by atoms with Crippen molar-refractivity contribution in [3.63, 3.8) is 0 Å². The van der Waals surface area contributed by atoms with Crippen molar-refractivity contribution in [3.05, 3.63) is 55.0 Å². The maximum absolute atomic E-state index is 5.10. The number of nitrogens with zero attached hydrogens (tertiary/aromatic N) is 5. The highest BCUT2D eigenvalue weighted by Crippen LogP contribution is 2.22. The minimum atomic E-state index is 0.367. The molecule has 0 bridgehead atoms. The van der Waals surface area contributed by atoms with Crippen LogP contribution in [0, 0.1) is 0 Å². The molecule has 4 aromatic heterocycles. The molecular formula is C17H15N5O. The maximum Gasteiger partial charge on any atom is 0.234 e. The lowest BCUT2D eigenvalue weighted by atomic mass is 10.1. The van der Waals surface area contributed by atoms with Gasteiger partial charge in [-0.1, -0.05) is 13.8 Å². The number of rotatable bonds is 3. The predicted octanol–water partition coefficient (Wildman–Crippen LogP) is 3.57. The molecule has 4 rings (SSSR count). The topological polar surface area (TPSA) is 69.1 Å². The van der Waals surface area contributed by atoms with E-state index >= 15 is 0 Å². The summed E-state index contributed by atoms with van der Waals surface area (Å²) in [5, 5.41) is 0. The van der Waals surface area contributed by atoms with Crippen LogP contribution in [0.15, 0.2) is 53.7 Å². The van der Waals surface area contributed by atoms with Crippen LogP contribution in [-0.4, -0.2) is 24.3 Å². The third-order valence-corrected chi connectivity index (χ3v) is 3.69. The third-order valence-electron chi connectivity index (χ3n) is 3.69. The van der Waals surface area contributed by atoms with Crippen LogP contribution < -0.4 is 0 Å². The van der Waals surface area contributed by atoms with E-state index in [0.29, 0.717) is 17.5 Å². The molecule has 0 radical (unpaired) electrons. The van der Waals surface area contributed by atoms with E-state index in [-0.39, 0.29) is 0 Å². The average Bonchev–Trinajstić information content (AvgIpc) is 3.24. The number of imidazole rings is 1. The molecule has 0 aliphatic carbocycles. The van der Waals surface area contributed by atoms with Crippen LogP contribution in [0.1, 0.15) is 25.5 Å². The van der Waals surface area contributed by atoms with Crippen LogP contribution in [0.3, 0.4) is 0 Å². The van der Waals surface area contributed by atoms with Crippen LogP contribution in [0.4, 0.5) is 0 Å². The Labute approximate surface area is 132 Å². The van der Waals surface area contributed by atoms with Crippen molar-refractivity contribution in [2.45, 2.75) is 19.8 Å². The molecule has 0 amide bonds. The predicted molar refractivity (Wildman–Crippen MR) is 85.8 cm³/mol. The molecule has 0 atom stereocenters. The van der Waals surface area contributed by atoms with E-state index in [1.165, 1.54) is 0 Å². The summed E-state index contributed by atoms with van der Waals surface area (Å²) in [5.74, 6) is 1.67. The van der Waals surface area contributed by atoms with Crippen molar-refractivity contribution in [2.75, 3.05) is 0 Å². The first kappa shape index (κ1) is 13.6. The quantitative estimate of drug-likeness (QED) is 0.578. The molecular weight excluding hydrogens is 290 g/mol. The molecule has 0 aliphatic rings. The molecule has 6 heteroatoms. The van der Waals surface area contributed by atoms with Gasteiger partial charge in [-0.05, 0) is 24.1 Å². The van der Waals surface area contributed by atoms with Crippen LogP contribution in [0.25, 0.3) is 28.6 Å². The van der Waals surface area contributed by atoms with Crippen molar-refractivity contribution < 1.29 is 4.42 Å². The SMILES string of the molecule is CC(C)c1ccn2c(-c3ccnc(-c4ccoc4)n3)cnc2n1. The van der Waals surface area contributed by atoms with Gasteiger partial charge in [-0.3, -0.25) is 4.40 Å². The summed E-state index contributed by atoms with van der Waals surface area (Å²) in [4.78, 5) is 17.9. The zero-order valence-electron chi connectivity index (χ0n) is 12.8. The Hall–Kier alpha value is -3.02. The summed E-state index contributed by atoms with van der Waals surface area (Å²) in [6.45, 7) is 4.23. The summed E-state index contributed by atoms with van der Waals surface area (Å²) < 4.78 is 7.04. The first-order valence-electron chi connectivity index (χ1n) is 7.42. The van der Waals surface area contributed by atoms with E-state index in [9.17, 15) is 0 Å². The molecule has 0 aromatic carbocycles. The van der Waals surface area contributed by atoms with Gasteiger partial charge in [0.15, 0.2) is 5.82 Å². The summed E-state index contributed by atoms with van der Waals surface area (Å²) in [6, 6.07) is 5.72. The highest BCUT2D eigenvalue weighted by molar-refractivity contribution is 5.62. The van der Waals surface area contributed by atoms with Gasteiger partial charge in [0.05, 0.1) is 29.4 Å². The van der Waals surface area contributed by atoms with Gasteiger partial charge in [-0.15, -0.1) is 0 Å². The summed E-state index contributed by atoms with van der Waals surface area (Å²) in [5.41, 5.74) is 3.55. The molecule has 4 heterocycles. The van der Waals surface area contributed by atoms with E-state index in [1.807, 2.05) is 28.8 Å². The monoisotopic (exact) mass is 305 g/mol. The van der Waals surface area contributed by atoms with Crippen molar-refractivity contribution in [3.8, 4) is 22.8 Å². The fourth-order valence-electron chi connectivity index (χ4n) is 2.43. The number of furan rings is 1. The van der Waals surface area contributed by atoms with Gasteiger partial charge in [0, 0.05) is 18.1 Å². The Balaban J connectivity index is 1.82. The molecule has 0 N–H and O–H groups in total. The zero-order chi connectivity index (χ0) is 15.8. The lowest BCUT2D eigenvalue weighted by Gasteiger charge is -2.06. The van der Waals surface area contributed by atoms with E-state index in [0.717, 1.165) is 22.6 Å². The Bertz CT molecular complexity index is 956. The molecule has 0 saturated heterocycles. The molecule has 23 heavy (non-hydrogen) atoms. The number of fused-ring (bicyclic) bond motifs is 1. The maximum atomic E-state index is 5.10. The minimum Gasteiger partial charge on any atom is -0.472 e. The second-order valence-electron chi connectivity index (χ2n) is 5.60. The third kappa shape index (κ3) is 2.38. The number of hydrogen-bond donors (Lipinski definition) is 0. The first-order chi connectivity index (χ1) is 11.2. The van der Waals surface area contributed by atoms with Gasteiger partial charge in [0.2, 0.25) is 5.78 Å². The standard InChI is InChI=1S/C17H15N5O/c1-11(2)13-4-7-22-15(9-19-17(22)21-13)14-3-6-18-16(20-14)12-5-8-23-10-12/h3-11H,1-2H3. The van der Waals surface area contributed by atoms with E-state index in [1.54, 1.807) is 24.9 Å². The Morgan fingerprint density at radius 3 is 2.78 bits per heavy atom. The Morgan fingerprint density at radius 1 is 1.09 bits per heavy atom. The lowest BCUT2D eigenvalue weighted by Crippen LogP contribution is -1.98. The van der Waals surface area contributed by atoms with Crippen LogP contribution in [-0.2, 0) is 0 Å². The van der Waals surface area contributed by atoms with Crippen molar-refractivity contribution >= 4 is 5.78 Å². The van der Waals surface area contributed by atoms with E-state index in [4.69, 9.17) is 4.42 Å². The molecule has 0 fully saturated rings. The highest BCUT2D eigenvalue weighted by atomic mass is 16.3. The molecule has 4 aromatic rings. The zero-order valence-corrected chi connectivity index (χ0v) is 12.8. The van der Waals surface area contributed by atoms with Crippen LogP contribution in [0.2, 0.25) is 0 Å². The van der Waals surface area contributed by atoms with Crippen molar-refractivity contribution in [2.24, 2.45) is 0 Å². The normalized spacial score (nSPS) is 11.4. The van der Waals surface area contributed by atoms with E-state index in [2.05, 4.69) is 33.8 Å². The van der Waals surface area contributed by atoms with Crippen molar-refractivity contribution in [1.82, 2.24) is 24.3 Å². The average molecular weight is 305 g/mol. The summed E-state index contributed by atoms with van der Waals surface area (Å²) in [6.07, 6.45) is 8.74. The fraction of sp³-hybridized carbons (Fsp3) is 0.176. The fourth-order valence-corrected chi connectivity index (χ4v) is 2.43. The Morgan fingerprint density at radius 2 is 2.00 bits per heavy atom. The largest absolute Gasteiger partial charge is 0.472 e. The Kier molecular flexibility index (Phi) is 3.15. The lowest BCUT2D eigenvalue weighted by molar-refractivity contribution is 0.568. The highest BCUT2D eigenvalue weighted by Gasteiger charge is 2.12. The van der Waals surface area contributed by atoms with Gasteiger partial charge < -0.3 is 4.42 Å². The van der Waals surface area contributed by atoms with Gasteiger partial charge in [-0.25, -0.2) is 19.9 Å². The molecule has 0 aliphatic heterocycles. The number of aromatic nitrogens is 5.